The Hall–Kier alpha value is -4.07. The number of carbonyl (C=O) groups is 1. The van der Waals surface area contributed by atoms with Gasteiger partial charge in [0.25, 0.3) is 0 Å². The van der Waals surface area contributed by atoms with Gasteiger partial charge in [-0.05, 0) is 55.0 Å². The summed E-state index contributed by atoms with van der Waals surface area (Å²) in [6, 6.07) is 15.8. The molecule has 0 radical (unpaired) electrons. The third kappa shape index (κ3) is 4.34. The second-order valence-corrected chi connectivity index (χ2v) is 7.12. The van der Waals surface area contributed by atoms with Crippen LogP contribution in [0.1, 0.15) is 12.5 Å². The molecule has 0 aliphatic carbocycles. The Morgan fingerprint density at radius 1 is 1.06 bits per heavy atom. The van der Waals surface area contributed by atoms with Crippen LogP contribution < -0.4 is 4.90 Å². The zero-order valence-corrected chi connectivity index (χ0v) is 17.2. The summed E-state index contributed by atoms with van der Waals surface area (Å²) in [5, 5.41) is 14.1. The minimum absolute atomic E-state index is 0.203. The Morgan fingerprint density at radius 2 is 1.81 bits per heavy atom. The van der Waals surface area contributed by atoms with Crippen LogP contribution in [0.4, 0.5) is 19.4 Å². The zero-order valence-electron chi connectivity index (χ0n) is 17.2. The van der Waals surface area contributed by atoms with Crippen molar-refractivity contribution in [2.75, 3.05) is 11.4 Å². The van der Waals surface area contributed by atoms with E-state index in [0.29, 0.717) is 27.9 Å². The highest BCUT2D eigenvalue weighted by Gasteiger charge is 2.18. The molecule has 2 aromatic heterocycles. The summed E-state index contributed by atoms with van der Waals surface area (Å²) in [7, 11) is 0. The molecule has 8 heteroatoms. The Bertz CT molecular complexity index is 1260. The second kappa shape index (κ2) is 8.97. The number of anilines is 1. The maximum absolute atomic E-state index is 14.2. The molecule has 32 heavy (non-hydrogen) atoms. The van der Waals surface area contributed by atoms with Gasteiger partial charge in [-0.1, -0.05) is 18.2 Å². The van der Waals surface area contributed by atoms with Gasteiger partial charge in [-0.3, -0.25) is 9.58 Å². The monoisotopic (exact) mass is 434 g/mol. The molecular formula is C24H20F2N4O2. The highest BCUT2D eigenvalue weighted by molar-refractivity contribution is 5.87. The van der Waals surface area contributed by atoms with Gasteiger partial charge in [0.15, 0.2) is 0 Å². The molecule has 0 fully saturated rings. The van der Waals surface area contributed by atoms with Gasteiger partial charge in [0, 0.05) is 35.6 Å². The smallest absolute Gasteiger partial charge is 0.412 e. The van der Waals surface area contributed by atoms with Gasteiger partial charge < -0.3 is 5.11 Å². The topological polar surface area (TPSA) is 71.2 Å². The van der Waals surface area contributed by atoms with Crippen LogP contribution in [-0.2, 0) is 6.54 Å². The quantitative estimate of drug-likeness (QED) is 0.439. The molecule has 2 aromatic carbocycles. The van der Waals surface area contributed by atoms with E-state index in [1.165, 1.54) is 24.4 Å². The Balaban J connectivity index is 1.81. The van der Waals surface area contributed by atoms with E-state index in [1.54, 1.807) is 60.3 Å². The van der Waals surface area contributed by atoms with E-state index in [2.05, 4.69) is 10.1 Å². The number of hydrogen-bond acceptors (Lipinski definition) is 3. The lowest BCUT2D eigenvalue weighted by Crippen LogP contribution is -2.29. The van der Waals surface area contributed by atoms with Crippen LogP contribution in [-0.4, -0.2) is 32.5 Å². The number of amides is 1. The summed E-state index contributed by atoms with van der Waals surface area (Å²) in [6.07, 6.45) is 2.19. The molecule has 4 aromatic rings. The van der Waals surface area contributed by atoms with Crippen molar-refractivity contribution < 1.29 is 18.7 Å². The molecule has 0 atom stereocenters. The number of hydrogen-bond donors (Lipinski definition) is 1. The van der Waals surface area contributed by atoms with E-state index < -0.39 is 6.09 Å². The fourth-order valence-corrected chi connectivity index (χ4v) is 3.46. The molecule has 0 aliphatic heterocycles. The normalized spacial score (nSPS) is 10.8. The lowest BCUT2D eigenvalue weighted by Gasteiger charge is -2.16. The van der Waals surface area contributed by atoms with Crippen molar-refractivity contribution in [3.63, 3.8) is 0 Å². The van der Waals surface area contributed by atoms with E-state index in [1.807, 2.05) is 0 Å². The van der Waals surface area contributed by atoms with Crippen molar-refractivity contribution >= 4 is 11.9 Å². The number of aromatic nitrogens is 3. The molecule has 4 rings (SSSR count). The number of carboxylic acid groups (broad SMARTS) is 1. The Morgan fingerprint density at radius 3 is 2.50 bits per heavy atom. The first-order valence-corrected chi connectivity index (χ1v) is 10.00. The van der Waals surface area contributed by atoms with Crippen molar-refractivity contribution in [2.24, 2.45) is 0 Å². The van der Waals surface area contributed by atoms with Gasteiger partial charge in [-0.15, -0.1) is 0 Å². The summed E-state index contributed by atoms with van der Waals surface area (Å²) in [4.78, 5) is 16.8. The number of benzene rings is 2. The first-order chi connectivity index (χ1) is 15.5. The van der Waals surface area contributed by atoms with Crippen molar-refractivity contribution in [2.45, 2.75) is 13.5 Å². The largest absolute Gasteiger partial charge is 0.465 e. The molecule has 1 N–H and O–H groups in total. The maximum atomic E-state index is 14.2. The molecule has 6 nitrogen and oxygen atoms in total. The number of rotatable bonds is 6. The molecular weight excluding hydrogens is 414 g/mol. The van der Waals surface area contributed by atoms with Crippen LogP contribution >= 0.6 is 0 Å². The van der Waals surface area contributed by atoms with Crippen LogP contribution in [0.15, 0.2) is 73.1 Å². The fourth-order valence-electron chi connectivity index (χ4n) is 3.46. The van der Waals surface area contributed by atoms with Gasteiger partial charge in [-0.25, -0.2) is 18.6 Å². The third-order valence-corrected chi connectivity index (χ3v) is 5.05. The van der Waals surface area contributed by atoms with E-state index >= 15 is 0 Å². The lowest BCUT2D eigenvalue weighted by atomic mass is 10.0. The van der Waals surface area contributed by atoms with Crippen molar-refractivity contribution in [1.82, 2.24) is 14.8 Å². The molecule has 0 aliphatic rings. The van der Waals surface area contributed by atoms with Crippen LogP contribution in [0, 0.1) is 11.6 Å². The number of pyridine rings is 1. The Labute approximate surface area is 183 Å². The first-order valence-electron chi connectivity index (χ1n) is 10.00. The van der Waals surface area contributed by atoms with Crippen LogP contribution in [0.25, 0.3) is 22.4 Å². The number of halogens is 2. The predicted octanol–water partition coefficient (Wildman–Crippen LogP) is 5.44. The fraction of sp³-hybridized carbons (Fsp3) is 0.125. The van der Waals surface area contributed by atoms with Crippen molar-refractivity contribution in [3.8, 4) is 22.4 Å². The SMILES string of the molecule is CCN(C(=O)O)c1cc(-c2cn(Cc3ccccc3F)nc2-c2ccc(F)cc2)ccn1. The molecule has 0 bridgehead atoms. The first kappa shape index (κ1) is 21.2. The molecule has 0 unspecified atom stereocenters. The number of nitrogens with zero attached hydrogens (tertiary/aromatic N) is 4. The van der Waals surface area contributed by atoms with Gasteiger partial charge in [0.1, 0.15) is 23.1 Å². The predicted molar refractivity (Wildman–Crippen MR) is 117 cm³/mol. The van der Waals surface area contributed by atoms with E-state index in [4.69, 9.17) is 0 Å². The minimum Gasteiger partial charge on any atom is -0.465 e. The standard InChI is InChI=1S/C24H20F2N4O2/c1-2-30(24(31)32)22-13-17(11-12-27-22)20-15-29(14-18-5-3-4-6-21(18)26)28-23(20)16-7-9-19(25)10-8-16/h3-13,15H,2,14H2,1H3,(H,31,32). The van der Waals surface area contributed by atoms with Crippen molar-refractivity contribution in [3.05, 3.63) is 90.3 Å². The summed E-state index contributed by atoms with van der Waals surface area (Å²) >= 11 is 0. The lowest BCUT2D eigenvalue weighted by molar-refractivity contribution is 0.202. The van der Waals surface area contributed by atoms with Gasteiger partial charge in [0.05, 0.1) is 6.54 Å². The van der Waals surface area contributed by atoms with Gasteiger partial charge in [-0.2, -0.15) is 5.10 Å². The van der Waals surface area contributed by atoms with Crippen LogP contribution in [0.2, 0.25) is 0 Å². The molecule has 2 heterocycles. The van der Waals surface area contributed by atoms with Crippen molar-refractivity contribution in [1.29, 1.82) is 0 Å². The molecule has 0 saturated carbocycles. The van der Waals surface area contributed by atoms with E-state index in [9.17, 15) is 18.7 Å². The van der Waals surface area contributed by atoms with Crippen LogP contribution in [0.5, 0.6) is 0 Å². The molecule has 162 valence electrons. The summed E-state index contributed by atoms with van der Waals surface area (Å²) in [6.45, 7) is 2.16. The Kier molecular flexibility index (Phi) is 5.93. The molecule has 0 saturated heterocycles. The summed E-state index contributed by atoms with van der Waals surface area (Å²) in [5.74, 6) is -0.420. The zero-order chi connectivity index (χ0) is 22.7. The summed E-state index contributed by atoms with van der Waals surface area (Å²) in [5.41, 5.74) is 3.10. The molecule has 0 spiro atoms. The summed E-state index contributed by atoms with van der Waals surface area (Å²) < 4.78 is 29.3. The average molecular weight is 434 g/mol. The van der Waals surface area contributed by atoms with Crippen LogP contribution in [0.3, 0.4) is 0 Å². The maximum Gasteiger partial charge on any atom is 0.412 e. The second-order valence-electron chi connectivity index (χ2n) is 7.12. The third-order valence-electron chi connectivity index (χ3n) is 5.05. The van der Waals surface area contributed by atoms with E-state index in [-0.39, 0.29) is 30.5 Å². The highest BCUT2D eigenvalue weighted by Crippen LogP contribution is 2.33. The molecule has 1 amide bonds. The van der Waals surface area contributed by atoms with Gasteiger partial charge >= 0.3 is 6.09 Å². The average Bonchev–Trinajstić information content (AvgIpc) is 3.20. The van der Waals surface area contributed by atoms with E-state index in [0.717, 1.165) is 4.90 Å². The highest BCUT2D eigenvalue weighted by atomic mass is 19.1. The minimum atomic E-state index is -1.11. The van der Waals surface area contributed by atoms with Gasteiger partial charge in [0.2, 0.25) is 0 Å².